The molecular weight excluding hydrogens is 602 g/mol. The molecule has 242 valence electrons. The number of furan rings is 1. The molecule has 0 bridgehead atoms. The molecule has 10 heteroatoms. The molecule has 0 saturated heterocycles. The number of hydrogen-bond acceptors (Lipinski definition) is 9. The molecule has 1 atom stereocenters. The van der Waals surface area contributed by atoms with Crippen LogP contribution in [0.5, 0.6) is 0 Å². The number of rotatable bonds is 11. The van der Waals surface area contributed by atoms with E-state index in [1.807, 2.05) is 60.7 Å². The number of carbonyl (C=O) groups excluding carboxylic acids is 3. The maximum absolute atomic E-state index is 13.6. The van der Waals surface area contributed by atoms with Crippen molar-refractivity contribution in [3.8, 4) is 11.3 Å². The summed E-state index contributed by atoms with van der Waals surface area (Å²) in [6.07, 6.45) is -0.580. The summed E-state index contributed by atoms with van der Waals surface area (Å²) in [6.45, 7) is 1.48. The zero-order valence-corrected chi connectivity index (χ0v) is 26.6. The number of fused-ring (bicyclic) bond motifs is 1. The van der Waals surface area contributed by atoms with Gasteiger partial charge in [0.15, 0.2) is 5.41 Å². The van der Waals surface area contributed by atoms with Crippen LogP contribution in [-0.4, -0.2) is 44.0 Å². The van der Waals surface area contributed by atoms with Crippen molar-refractivity contribution < 1.29 is 37.9 Å². The summed E-state index contributed by atoms with van der Waals surface area (Å²) in [5.74, 6) is -0.842. The van der Waals surface area contributed by atoms with Crippen LogP contribution < -0.4 is 0 Å². The second-order valence-electron chi connectivity index (χ2n) is 11.4. The van der Waals surface area contributed by atoms with Gasteiger partial charge in [-0.25, -0.2) is 0 Å². The SMILES string of the molecule is COC(=O)C1(C(=O)OC)C/C(=C(/CCC(C)=O)c2ccc([N+](=O)[O-])cc2)c2c(oc(-c3ccccc3)c2[C@H](OC)c2ccccc2)C1. The van der Waals surface area contributed by atoms with E-state index in [0.717, 1.165) is 11.1 Å². The van der Waals surface area contributed by atoms with Gasteiger partial charge in [0.25, 0.3) is 5.69 Å². The molecule has 47 heavy (non-hydrogen) atoms. The molecule has 0 spiro atoms. The molecule has 0 radical (unpaired) electrons. The summed E-state index contributed by atoms with van der Waals surface area (Å²) in [7, 11) is 4.01. The average Bonchev–Trinajstić information content (AvgIpc) is 3.47. The van der Waals surface area contributed by atoms with Crippen molar-refractivity contribution in [3.05, 3.63) is 123 Å². The molecule has 1 aromatic heterocycles. The lowest BCUT2D eigenvalue weighted by Gasteiger charge is -2.34. The molecule has 0 aliphatic heterocycles. The monoisotopic (exact) mass is 637 g/mol. The number of nitro benzene ring substituents is 1. The van der Waals surface area contributed by atoms with Gasteiger partial charge >= 0.3 is 11.9 Å². The smallest absolute Gasteiger partial charge is 0.324 e. The third kappa shape index (κ3) is 6.37. The fourth-order valence-electron chi connectivity index (χ4n) is 6.35. The van der Waals surface area contributed by atoms with Crippen LogP contribution in [0.4, 0.5) is 5.69 Å². The van der Waals surface area contributed by atoms with Crippen molar-refractivity contribution in [2.75, 3.05) is 21.3 Å². The lowest BCUT2D eigenvalue weighted by Crippen LogP contribution is -2.45. The average molecular weight is 638 g/mol. The van der Waals surface area contributed by atoms with Gasteiger partial charge in [-0.15, -0.1) is 0 Å². The Kier molecular flexibility index (Phi) is 9.81. The minimum atomic E-state index is -1.81. The molecular formula is C37H35NO9. The maximum Gasteiger partial charge on any atom is 0.324 e. The first-order chi connectivity index (χ1) is 22.6. The number of Topliss-reactive ketones (excluding diaryl/α,β-unsaturated/α-hetero) is 1. The zero-order valence-electron chi connectivity index (χ0n) is 26.6. The van der Waals surface area contributed by atoms with E-state index < -0.39 is 28.4 Å². The Morgan fingerprint density at radius 3 is 1.98 bits per heavy atom. The van der Waals surface area contributed by atoms with Gasteiger partial charge in [-0.05, 0) is 47.8 Å². The molecule has 10 nitrogen and oxygen atoms in total. The van der Waals surface area contributed by atoms with Gasteiger partial charge in [0.05, 0.1) is 19.1 Å². The molecule has 1 aliphatic carbocycles. The molecule has 0 fully saturated rings. The lowest BCUT2D eigenvalue weighted by molar-refractivity contribution is -0.384. The fourth-order valence-corrected chi connectivity index (χ4v) is 6.35. The first kappa shape index (κ1) is 33.0. The van der Waals surface area contributed by atoms with E-state index in [2.05, 4.69) is 0 Å². The van der Waals surface area contributed by atoms with Gasteiger partial charge in [-0.2, -0.15) is 0 Å². The zero-order chi connectivity index (χ0) is 33.7. The van der Waals surface area contributed by atoms with Crippen LogP contribution in [0.25, 0.3) is 22.5 Å². The van der Waals surface area contributed by atoms with Crippen molar-refractivity contribution in [3.63, 3.8) is 0 Å². The second-order valence-corrected chi connectivity index (χ2v) is 11.4. The first-order valence-electron chi connectivity index (χ1n) is 15.1. The number of benzene rings is 3. The minimum absolute atomic E-state index is 0.0790. The standard InChI is InChI=1S/C37H35NO9/c1-23(39)15-20-28(24-16-18-27(19-17-24)38(42)43)29-21-37(35(40)45-3,36(41)46-4)22-30-31(29)32(33(44-2)25-11-7-5-8-12-25)34(47-30)26-13-9-6-10-14-26/h5-14,16-19,33H,15,20-22H2,1-4H3/b29-28+/t33-/m1/s1. The minimum Gasteiger partial charge on any atom is -0.468 e. The van der Waals surface area contributed by atoms with Crippen molar-refractivity contribution in [2.45, 2.75) is 38.7 Å². The molecule has 1 heterocycles. The van der Waals surface area contributed by atoms with Crippen LogP contribution in [0, 0.1) is 15.5 Å². The quantitative estimate of drug-likeness (QED) is 0.0727. The van der Waals surface area contributed by atoms with Gasteiger partial charge < -0.3 is 23.4 Å². The second kappa shape index (κ2) is 14.0. The maximum atomic E-state index is 13.6. The van der Waals surface area contributed by atoms with E-state index >= 15 is 0 Å². The number of allylic oxidation sites excluding steroid dienone is 2. The summed E-state index contributed by atoms with van der Waals surface area (Å²) in [5.41, 5.74) is 2.75. The molecule has 1 aliphatic rings. The Bertz CT molecular complexity index is 1810. The van der Waals surface area contributed by atoms with Crippen molar-refractivity contribution >= 4 is 34.6 Å². The Morgan fingerprint density at radius 2 is 1.45 bits per heavy atom. The summed E-state index contributed by atoms with van der Waals surface area (Å²) in [6, 6.07) is 25.0. The number of ketones is 1. The summed E-state index contributed by atoms with van der Waals surface area (Å²) < 4.78 is 23.3. The first-order valence-corrected chi connectivity index (χ1v) is 15.1. The third-order valence-electron chi connectivity index (χ3n) is 8.57. The highest BCUT2D eigenvalue weighted by Gasteiger charge is 2.54. The van der Waals surface area contributed by atoms with Crippen LogP contribution in [0.2, 0.25) is 0 Å². The van der Waals surface area contributed by atoms with Crippen LogP contribution in [0.15, 0.2) is 89.3 Å². The number of nitrogens with zero attached hydrogens (tertiary/aromatic N) is 1. The van der Waals surface area contributed by atoms with Crippen molar-refractivity contribution in [1.29, 1.82) is 0 Å². The predicted molar refractivity (Wildman–Crippen MR) is 174 cm³/mol. The van der Waals surface area contributed by atoms with Crippen LogP contribution in [-0.2, 0) is 35.0 Å². The predicted octanol–water partition coefficient (Wildman–Crippen LogP) is 7.15. The van der Waals surface area contributed by atoms with Crippen LogP contribution >= 0.6 is 0 Å². The molecule has 4 aromatic rings. The Balaban J connectivity index is 1.93. The number of nitro groups is 1. The number of hydrogen-bond donors (Lipinski definition) is 0. The summed E-state index contributed by atoms with van der Waals surface area (Å²) in [4.78, 5) is 50.6. The van der Waals surface area contributed by atoms with E-state index in [1.54, 1.807) is 19.2 Å². The number of carbonyl (C=O) groups is 3. The van der Waals surface area contributed by atoms with Gasteiger partial charge in [0, 0.05) is 55.2 Å². The molecule has 0 unspecified atom stereocenters. The van der Waals surface area contributed by atoms with Crippen molar-refractivity contribution in [1.82, 2.24) is 0 Å². The largest absolute Gasteiger partial charge is 0.468 e. The fraction of sp³-hybridized carbons (Fsp3) is 0.270. The molecule has 0 amide bonds. The Labute approximate surface area is 272 Å². The van der Waals surface area contributed by atoms with Crippen LogP contribution in [0.3, 0.4) is 0 Å². The lowest BCUT2D eigenvalue weighted by atomic mass is 9.68. The Hall–Kier alpha value is -5.35. The van der Waals surface area contributed by atoms with Gasteiger partial charge in [-0.3, -0.25) is 19.7 Å². The van der Waals surface area contributed by atoms with E-state index in [1.165, 1.54) is 33.3 Å². The highest BCUT2D eigenvalue weighted by molar-refractivity contribution is 6.06. The van der Waals surface area contributed by atoms with E-state index in [9.17, 15) is 24.5 Å². The van der Waals surface area contributed by atoms with Crippen LogP contribution in [0.1, 0.15) is 60.3 Å². The van der Waals surface area contributed by atoms with E-state index in [4.69, 9.17) is 18.6 Å². The number of non-ortho nitro benzene ring substituents is 1. The highest BCUT2D eigenvalue weighted by Crippen LogP contribution is 2.53. The van der Waals surface area contributed by atoms with E-state index in [-0.39, 0.29) is 37.2 Å². The van der Waals surface area contributed by atoms with Gasteiger partial charge in [-0.1, -0.05) is 60.7 Å². The molecule has 3 aromatic carbocycles. The number of esters is 2. The van der Waals surface area contributed by atoms with Gasteiger partial charge in [0.2, 0.25) is 0 Å². The molecule has 5 rings (SSSR count). The Morgan fingerprint density at radius 1 is 0.851 bits per heavy atom. The topological polar surface area (TPSA) is 135 Å². The van der Waals surface area contributed by atoms with E-state index in [0.29, 0.717) is 39.4 Å². The van der Waals surface area contributed by atoms with Crippen molar-refractivity contribution in [2.24, 2.45) is 5.41 Å². The number of methoxy groups -OCH3 is 3. The van der Waals surface area contributed by atoms with Gasteiger partial charge in [0.1, 0.15) is 23.4 Å². The summed E-state index contributed by atoms with van der Waals surface area (Å²) in [5, 5.41) is 11.5. The third-order valence-corrected chi connectivity index (χ3v) is 8.57. The normalized spacial score (nSPS) is 15.2. The molecule has 0 saturated carbocycles. The number of ether oxygens (including phenoxy) is 3. The highest BCUT2D eigenvalue weighted by atomic mass is 16.6. The summed E-state index contributed by atoms with van der Waals surface area (Å²) >= 11 is 0. The molecule has 0 N–H and O–H groups in total.